The van der Waals surface area contributed by atoms with E-state index in [1.165, 1.54) is 19.2 Å². The highest BCUT2D eigenvalue weighted by molar-refractivity contribution is 6.06. The van der Waals surface area contributed by atoms with Gasteiger partial charge in [-0.2, -0.15) is 0 Å². The molecule has 0 saturated carbocycles. The highest BCUT2D eigenvalue weighted by atomic mass is 16.5. The number of ether oxygens (including phenoxy) is 1. The molecular weight excluding hydrogens is 234 g/mol. The minimum absolute atomic E-state index is 0.103. The predicted octanol–water partition coefficient (Wildman–Crippen LogP) is 1.92. The summed E-state index contributed by atoms with van der Waals surface area (Å²) in [6.07, 6.45) is 1.82. The molecule has 1 aromatic rings. The van der Waals surface area contributed by atoms with Crippen molar-refractivity contribution in [3.8, 4) is 5.75 Å². The Bertz CT molecular complexity index is 443. The van der Waals surface area contributed by atoms with Gasteiger partial charge in [-0.25, -0.2) is 4.79 Å². The molecule has 1 rings (SSSR count). The molecule has 18 heavy (non-hydrogen) atoms. The van der Waals surface area contributed by atoms with Crippen molar-refractivity contribution >= 4 is 11.9 Å². The topological polar surface area (TPSA) is 75.6 Å². The Morgan fingerprint density at radius 3 is 2.67 bits per heavy atom. The third kappa shape index (κ3) is 3.23. The zero-order valence-corrected chi connectivity index (χ0v) is 10.5. The standard InChI is InChI=1S/C13H17NO4/c1-3-4-8-14-12(15)9-6-5-7-10(18-2)11(9)13(16)17/h5-7H,3-4,8H2,1-2H3,(H,14,15)(H,16,17). The SMILES string of the molecule is CCCCNC(=O)c1cccc(OC)c1C(=O)O. The molecule has 0 unspecified atom stereocenters. The number of rotatable bonds is 6. The van der Waals surface area contributed by atoms with E-state index in [-0.39, 0.29) is 22.8 Å². The minimum atomic E-state index is -1.17. The molecule has 2 N–H and O–H groups in total. The summed E-state index contributed by atoms with van der Waals surface area (Å²) < 4.78 is 4.96. The van der Waals surface area contributed by atoms with Crippen LogP contribution in [0.15, 0.2) is 18.2 Å². The van der Waals surface area contributed by atoms with Gasteiger partial charge in [0.25, 0.3) is 5.91 Å². The molecule has 0 aliphatic heterocycles. The number of unbranched alkanes of at least 4 members (excludes halogenated alkanes) is 1. The van der Waals surface area contributed by atoms with Crippen LogP contribution in [0.3, 0.4) is 0 Å². The molecule has 98 valence electrons. The van der Waals surface area contributed by atoms with Gasteiger partial charge >= 0.3 is 5.97 Å². The van der Waals surface area contributed by atoms with E-state index in [2.05, 4.69) is 5.32 Å². The molecule has 0 aliphatic carbocycles. The molecule has 0 atom stereocenters. The molecule has 0 fully saturated rings. The number of carbonyl (C=O) groups excluding carboxylic acids is 1. The molecule has 0 aliphatic rings. The van der Waals surface area contributed by atoms with Crippen LogP contribution in [0.2, 0.25) is 0 Å². The highest BCUT2D eigenvalue weighted by Gasteiger charge is 2.20. The second-order valence-electron chi connectivity index (χ2n) is 3.80. The number of methoxy groups -OCH3 is 1. The third-order valence-corrected chi connectivity index (χ3v) is 2.52. The number of nitrogens with one attached hydrogen (secondary N) is 1. The fraction of sp³-hybridized carbons (Fsp3) is 0.385. The van der Waals surface area contributed by atoms with Gasteiger partial charge in [-0.3, -0.25) is 4.79 Å². The van der Waals surface area contributed by atoms with Gasteiger partial charge in [0.1, 0.15) is 11.3 Å². The first-order valence-electron chi connectivity index (χ1n) is 5.80. The van der Waals surface area contributed by atoms with Crippen LogP contribution in [0.25, 0.3) is 0 Å². The Morgan fingerprint density at radius 2 is 2.11 bits per heavy atom. The maximum absolute atomic E-state index is 11.9. The number of hydrogen-bond donors (Lipinski definition) is 2. The van der Waals surface area contributed by atoms with E-state index in [9.17, 15) is 9.59 Å². The Labute approximate surface area is 106 Å². The van der Waals surface area contributed by atoms with Gasteiger partial charge in [0.05, 0.1) is 12.7 Å². The molecular formula is C13H17NO4. The number of carboxylic acids is 1. The van der Waals surface area contributed by atoms with Crippen LogP contribution in [-0.4, -0.2) is 30.6 Å². The maximum Gasteiger partial charge on any atom is 0.340 e. The van der Waals surface area contributed by atoms with E-state index in [4.69, 9.17) is 9.84 Å². The first-order chi connectivity index (χ1) is 8.61. The van der Waals surface area contributed by atoms with Crippen molar-refractivity contribution in [3.05, 3.63) is 29.3 Å². The van der Waals surface area contributed by atoms with E-state index in [0.717, 1.165) is 12.8 Å². The summed E-state index contributed by atoms with van der Waals surface area (Å²) in [4.78, 5) is 23.1. The molecule has 0 radical (unpaired) electrons. The fourth-order valence-corrected chi connectivity index (χ4v) is 1.58. The minimum Gasteiger partial charge on any atom is -0.496 e. The molecule has 1 aromatic carbocycles. The van der Waals surface area contributed by atoms with Crippen molar-refractivity contribution in [2.24, 2.45) is 0 Å². The second kappa shape index (κ2) is 6.64. The maximum atomic E-state index is 11.9. The lowest BCUT2D eigenvalue weighted by molar-refractivity contribution is 0.0687. The smallest absolute Gasteiger partial charge is 0.340 e. The Kier molecular flexibility index (Phi) is 5.17. The lowest BCUT2D eigenvalue weighted by Gasteiger charge is -2.10. The van der Waals surface area contributed by atoms with Crippen molar-refractivity contribution < 1.29 is 19.4 Å². The van der Waals surface area contributed by atoms with Gasteiger partial charge in [0.2, 0.25) is 0 Å². The lowest BCUT2D eigenvalue weighted by Crippen LogP contribution is -2.26. The summed E-state index contributed by atoms with van der Waals surface area (Å²) in [5.41, 5.74) is 0.0203. The van der Waals surface area contributed by atoms with Crippen molar-refractivity contribution in [2.45, 2.75) is 19.8 Å². The van der Waals surface area contributed by atoms with Crippen molar-refractivity contribution in [2.75, 3.05) is 13.7 Å². The van der Waals surface area contributed by atoms with Crippen LogP contribution < -0.4 is 10.1 Å². The first kappa shape index (κ1) is 14.0. The first-order valence-corrected chi connectivity index (χ1v) is 5.80. The van der Waals surface area contributed by atoms with Crippen molar-refractivity contribution in [1.82, 2.24) is 5.32 Å². The van der Waals surface area contributed by atoms with Crippen LogP contribution in [-0.2, 0) is 0 Å². The number of carbonyl (C=O) groups is 2. The monoisotopic (exact) mass is 251 g/mol. The zero-order valence-electron chi connectivity index (χ0n) is 10.5. The molecule has 0 heterocycles. The van der Waals surface area contributed by atoms with E-state index < -0.39 is 5.97 Å². The van der Waals surface area contributed by atoms with Crippen LogP contribution >= 0.6 is 0 Å². The van der Waals surface area contributed by atoms with E-state index >= 15 is 0 Å². The van der Waals surface area contributed by atoms with Crippen LogP contribution in [0.4, 0.5) is 0 Å². The van der Waals surface area contributed by atoms with Gasteiger partial charge in [0.15, 0.2) is 0 Å². The molecule has 0 spiro atoms. The van der Waals surface area contributed by atoms with Gasteiger partial charge in [-0.1, -0.05) is 19.4 Å². The molecule has 0 aromatic heterocycles. The molecule has 0 saturated heterocycles. The summed E-state index contributed by atoms with van der Waals surface area (Å²) in [5, 5.41) is 11.8. The van der Waals surface area contributed by atoms with E-state index in [0.29, 0.717) is 6.54 Å². The number of hydrogen-bond acceptors (Lipinski definition) is 3. The summed E-state index contributed by atoms with van der Waals surface area (Å²) in [6, 6.07) is 4.60. The lowest BCUT2D eigenvalue weighted by atomic mass is 10.1. The third-order valence-electron chi connectivity index (χ3n) is 2.52. The second-order valence-corrected chi connectivity index (χ2v) is 3.80. The van der Waals surface area contributed by atoms with Crippen molar-refractivity contribution in [3.63, 3.8) is 0 Å². The summed E-state index contributed by atoms with van der Waals surface area (Å²) in [7, 11) is 1.38. The van der Waals surface area contributed by atoms with Crippen LogP contribution in [0, 0.1) is 0 Å². The van der Waals surface area contributed by atoms with Gasteiger partial charge in [0, 0.05) is 6.54 Å². The number of aromatic carboxylic acids is 1. The number of benzene rings is 1. The molecule has 0 bridgehead atoms. The van der Waals surface area contributed by atoms with E-state index in [1.54, 1.807) is 6.07 Å². The molecule has 1 amide bonds. The van der Waals surface area contributed by atoms with Crippen LogP contribution in [0.5, 0.6) is 5.75 Å². The van der Waals surface area contributed by atoms with Gasteiger partial charge in [-0.15, -0.1) is 0 Å². The van der Waals surface area contributed by atoms with Crippen LogP contribution in [0.1, 0.15) is 40.5 Å². The highest BCUT2D eigenvalue weighted by Crippen LogP contribution is 2.22. The number of amides is 1. The average Bonchev–Trinajstić information content (AvgIpc) is 2.37. The van der Waals surface area contributed by atoms with Gasteiger partial charge < -0.3 is 15.2 Å². The Morgan fingerprint density at radius 1 is 1.39 bits per heavy atom. The quantitative estimate of drug-likeness (QED) is 0.757. The predicted molar refractivity (Wildman–Crippen MR) is 67.2 cm³/mol. The summed E-state index contributed by atoms with van der Waals surface area (Å²) in [5.74, 6) is -1.38. The molecule has 5 nitrogen and oxygen atoms in total. The average molecular weight is 251 g/mol. The van der Waals surface area contributed by atoms with E-state index in [1.807, 2.05) is 6.92 Å². The van der Waals surface area contributed by atoms with Crippen molar-refractivity contribution in [1.29, 1.82) is 0 Å². The fourth-order valence-electron chi connectivity index (χ4n) is 1.58. The van der Waals surface area contributed by atoms with Gasteiger partial charge in [-0.05, 0) is 18.6 Å². The number of carboxylic acid groups (broad SMARTS) is 1. The normalized spacial score (nSPS) is 9.89. The molecule has 5 heteroatoms. The zero-order chi connectivity index (χ0) is 13.5. The summed E-state index contributed by atoms with van der Waals surface area (Å²) in [6.45, 7) is 2.55. The Hall–Kier alpha value is -2.04. The summed E-state index contributed by atoms with van der Waals surface area (Å²) >= 11 is 0. The Balaban J connectivity index is 3.00. The largest absolute Gasteiger partial charge is 0.496 e.